The van der Waals surface area contributed by atoms with E-state index in [1.165, 1.54) is 11.1 Å². The maximum absolute atomic E-state index is 12.7. The highest BCUT2D eigenvalue weighted by Crippen LogP contribution is 2.26. The lowest BCUT2D eigenvalue weighted by Crippen LogP contribution is -2.26. The maximum atomic E-state index is 12.7. The van der Waals surface area contributed by atoms with Gasteiger partial charge >= 0.3 is 0 Å². The van der Waals surface area contributed by atoms with E-state index < -0.39 is 0 Å². The number of unbranched alkanes of at least 4 members (excludes halogenated alkanes) is 1. The van der Waals surface area contributed by atoms with Gasteiger partial charge < -0.3 is 20.5 Å². The molecule has 3 N–H and O–H groups in total. The Bertz CT molecular complexity index is 1100. The van der Waals surface area contributed by atoms with E-state index >= 15 is 0 Å². The molecule has 0 spiro atoms. The number of carbonyl (C=O) groups is 1. The number of H-pyrrole nitrogens is 1. The Kier molecular flexibility index (Phi) is 10.9. The fraction of sp³-hybridized carbons (Fsp3) is 0.393. The first kappa shape index (κ1) is 26.6. The van der Waals surface area contributed by atoms with Crippen LogP contribution in [0.25, 0.3) is 0 Å². The van der Waals surface area contributed by atoms with Gasteiger partial charge in [0.15, 0.2) is 4.64 Å². The molecule has 0 fully saturated rings. The molecule has 6 nitrogen and oxygen atoms in total. The molecule has 3 aromatic rings. The van der Waals surface area contributed by atoms with Crippen LogP contribution in [0.2, 0.25) is 0 Å². The molecule has 0 unspecified atom stereocenters. The molecule has 0 saturated heterocycles. The van der Waals surface area contributed by atoms with E-state index in [2.05, 4.69) is 68.8 Å². The molecule has 0 saturated carbocycles. The van der Waals surface area contributed by atoms with Crippen molar-refractivity contribution in [3.05, 3.63) is 82.3 Å². The van der Waals surface area contributed by atoms with Crippen molar-refractivity contribution in [2.75, 3.05) is 29.9 Å². The van der Waals surface area contributed by atoms with Gasteiger partial charge in [-0.05, 0) is 63.7 Å². The zero-order valence-electron chi connectivity index (χ0n) is 20.8. The molecule has 186 valence electrons. The highest BCUT2D eigenvalue weighted by molar-refractivity contribution is 7.71. The summed E-state index contributed by atoms with van der Waals surface area (Å²) >= 11 is 5.52. The quantitative estimate of drug-likeness (QED) is 0.196. The topological polar surface area (TPSA) is 73.0 Å². The molecule has 0 atom stereocenters. The molecule has 35 heavy (non-hydrogen) atoms. The largest absolute Gasteiger partial charge is 0.352 e. The standard InChI is InChI=1S/C28H37N5OS/c1-3-33(21-24-15-8-5-9-16-24)27-26(28(35)31-22(2)30-27)32-25(34)18-10-11-19-29-20-12-17-23-13-6-4-7-14-23/h4-9,13-16,29H,3,10-12,17-21H2,1-2H3,(H,32,34)(H,30,31,35). The number of aryl methyl sites for hydroxylation is 2. The Hall–Kier alpha value is -3.03. The summed E-state index contributed by atoms with van der Waals surface area (Å²) in [6.07, 6.45) is 4.44. The number of amides is 1. The van der Waals surface area contributed by atoms with E-state index in [0.717, 1.165) is 57.0 Å². The fourth-order valence-corrected chi connectivity index (χ4v) is 4.28. The lowest BCUT2D eigenvalue weighted by molar-refractivity contribution is -0.116. The summed E-state index contributed by atoms with van der Waals surface area (Å²) in [7, 11) is 0. The number of aromatic amines is 1. The molecule has 0 aliphatic heterocycles. The molecule has 0 aliphatic rings. The molecule has 0 aliphatic carbocycles. The van der Waals surface area contributed by atoms with Gasteiger partial charge in [0.1, 0.15) is 17.3 Å². The highest BCUT2D eigenvalue weighted by atomic mass is 32.1. The molecule has 1 aromatic heterocycles. The lowest BCUT2D eigenvalue weighted by atomic mass is 10.1. The first-order valence-electron chi connectivity index (χ1n) is 12.5. The zero-order chi connectivity index (χ0) is 24.9. The number of hydrogen-bond acceptors (Lipinski definition) is 5. The Morgan fingerprint density at radius 1 is 0.971 bits per heavy atom. The van der Waals surface area contributed by atoms with E-state index in [4.69, 9.17) is 12.2 Å². The number of benzene rings is 2. The van der Waals surface area contributed by atoms with Crippen molar-refractivity contribution >= 4 is 29.6 Å². The van der Waals surface area contributed by atoms with Crippen molar-refractivity contribution < 1.29 is 4.79 Å². The van der Waals surface area contributed by atoms with E-state index in [1.54, 1.807) is 0 Å². The summed E-state index contributed by atoms with van der Waals surface area (Å²) in [4.78, 5) is 22.6. The van der Waals surface area contributed by atoms with E-state index in [1.807, 2.05) is 31.2 Å². The van der Waals surface area contributed by atoms with Crippen molar-refractivity contribution in [3.8, 4) is 0 Å². The van der Waals surface area contributed by atoms with Crippen LogP contribution >= 0.6 is 12.2 Å². The van der Waals surface area contributed by atoms with Gasteiger partial charge in [0.2, 0.25) is 5.91 Å². The SMILES string of the molecule is CCN(Cc1ccccc1)c1[nH]c(C)nc(=S)c1NC(=O)CCCCNCCCc1ccccc1. The second-order valence-electron chi connectivity index (χ2n) is 8.70. The number of nitrogens with zero attached hydrogens (tertiary/aromatic N) is 2. The van der Waals surface area contributed by atoms with Crippen LogP contribution in [0.1, 0.15) is 49.6 Å². The Morgan fingerprint density at radius 3 is 2.31 bits per heavy atom. The normalized spacial score (nSPS) is 10.8. The van der Waals surface area contributed by atoms with Gasteiger partial charge in [-0.2, -0.15) is 0 Å². The third-order valence-electron chi connectivity index (χ3n) is 5.87. The second-order valence-corrected chi connectivity index (χ2v) is 9.08. The molecule has 1 amide bonds. The van der Waals surface area contributed by atoms with Crippen LogP contribution in [0.3, 0.4) is 0 Å². The maximum Gasteiger partial charge on any atom is 0.224 e. The number of hydrogen-bond donors (Lipinski definition) is 3. The molecule has 0 radical (unpaired) electrons. The Labute approximate surface area is 214 Å². The van der Waals surface area contributed by atoms with Gasteiger partial charge in [-0.3, -0.25) is 4.79 Å². The molecule has 7 heteroatoms. The van der Waals surface area contributed by atoms with Gasteiger partial charge in [-0.1, -0.05) is 72.9 Å². The number of aromatic nitrogens is 2. The predicted molar refractivity (Wildman–Crippen MR) is 147 cm³/mol. The van der Waals surface area contributed by atoms with Gasteiger partial charge in [0, 0.05) is 19.5 Å². The average Bonchev–Trinajstić information content (AvgIpc) is 2.87. The summed E-state index contributed by atoms with van der Waals surface area (Å²) in [6.45, 7) is 7.36. The summed E-state index contributed by atoms with van der Waals surface area (Å²) in [5.41, 5.74) is 3.16. The summed E-state index contributed by atoms with van der Waals surface area (Å²) < 4.78 is 0.413. The van der Waals surface area contributed by atoms with Crippen LogP contribution in [0.5, 0.6) is 0 Å². The van der Waals surface area contributed by atoms with Crippen LogP contribution in [-0.4, -0.2) is 35.5 Å². The summed E-state index contributed by atoms with van der Waals surface area (Å²) in [5, 5.41) is 6.52. The van der Waals surface area contributed by atoms with Crippen molar-refractivity contribution in [1.29, 1.82) is 0 Å². The third-order valence-corrected chi connectivity index (χ3v) is 6.16. The average molecular weight is 492 g/mol. The van der Waals surface area contributed by atoms with Crippen molar-refractivity contribution in [1.82, 2.24) is 15.3 Å². The Morgan fingerprint density at radius 2 is 1.63 bits per heavy atom. The first-order valence-corrected chi connectivity index (χ1v) is 12.9. The number of carbonyl (C=O) groups excluding carboxylic acids is 1. The van der Waals surface area contributed by atoms with Gasteiger partial charge in [0.05, 0.1) is 0 Å². The van der Waals surface area contributed by atoms with Gasteiger partial charge in [-0.15, -0.1) is 0 Å². The molecule has 0 bridgehead atoms. The minimum absolute atomic E-state index is 0.0313. The van der Waals surface area contributed by atoms with Crippen molar-refractivity contribution in [3.63, 3.8) is 0 Å². The fourth-order valence-electron chi connectivity index (χ4n) is 4.00. The number of nitrogens with one attached hydrogen (secondary N) is 3. The summed E-state index contributed by atoms with van der Waals surface area (Å²) in [5.74, 6) is 1.51. The molecule has 3 rings (SSSR count). The van der Waals surface area contributed by atoms with Crippen LogP contribution in [0.15, 0.2) is 60.7 Å². The van der Waals surface area contributed by atoms with Crippen molar-refractivity contribution in [2.24, 2.45) is 0 Å². The monoisotopic (exact) mass is 491 g/mol. The highest BCUT2D eigenvalue weighted by Gasteiger charge is 2.16. The van der Waals surface area contributed by atoms with Crippen LogP contribution < -0.4 is 15.5 Å². The van der Waals surface area contributed by atoms with Gasteiger partial charge in [0.25, 0.3) is 0 Å². The van der Waals surface area contributed by atoms with Crippen molar-refractivity contribution in [2.45, 2.75) is 52.5 Å². The first-order chi connectivity index (χ1) is 17.1. The second kappa shape index (κ2) is 14.4. The predicted octanol–water partition coefficient (Wildman–Crippen LogP) is 5.81. The zero-order valence-corrected chi connectivity index (χ0v) is 21.7. The molecule has 1 heterocycles. The Balaban J connectivity index is 1.46. The lowest BCUT2D eigenvalue weighted by Gasteiger charge is -2.26. The third kappa shape index (κ3) is 8.92. The van der Waals surface area contributed by atoms with E-state index in [-0.39, 0.29) is 5.91 Å². The van der Waals surface area contributed by atoms with Crippen LogP contribution in [0.4, 0.5) is 11.5 Å². The molecule has 2 aromatic carbocycles. The minimum atomic E-state index is -0.0313. The van der Waals surface area contributed by atoms with E-state index in [0.29, 0.717) is 23.3 Å². The molecular formula is C28H37N5OS. The number of rotatable bonds is 14. The van der Waals surface area contributed by atoms with Gasteiger partial charge in [-0.25, -0.2) is 4.98 Å². The van der Waals surface area contributed by atoms with E-state index in [9.17, 15) is 4.79 Å². The smallest absolute Gasteiger partial charge is 0.224 e. The summed E-state index contributed by atoms with van der Waals surface area (Å²) in [6, 6.07) is 20.8. The van der Waals surface area contributed by atoms with Crippen LogP contribution in [0, 0.1) is 11.6 Å². The molecular weight excluding hydrogens is 454 g/mol. The number of anilines is 2. The minimum Gasteiger partial charge on any atom is -0.352 e. The van der Waals surface area contributed by atoms with Crippen LogP contribution in [-0.2, 0) is 17.8 Å².